The Morgan fingerprint density at radius 1 is 1.16 bits per heavy atom. The van der Waals surface area contributed by atoms with E-state index in [1.165, 1.54) is 0 Å². The summed E-state index contributed by atoms with van der Waals surface area (Å²) in [6.07, 6.45) is 0.804. The van der Waals surface area contributed by atoms with E-state index < -0.39 is 7.37 Å². The first-order valence-electron chi connectivity index (χ1n) is 6.26. The quantitative estimate of drug-likeness (QED) is 0.800. The third-order valence-electron chi connectivity index (χ3n) is 3.32. The summed E-state index contributed by atoms with van der Waals surface area (Å²) in [5.74, 6) is 0. The minimum absolute atomic E-state index is 0.277. The summed E-state index contributed by atoms with van der Waals surface area (Å²) in [5.41, 5.74) is 2.32. The molecule has 4 nitrogen and oxygen atoms in total. The molecule has 3 rings (SSSR count). The Labute approximate surface area is 112 Å². The highest BCUT2D eigenvalue weighted by molar-refractivity contribution is 7.73. The van der Waals surface area contributed by atoms with Crippen LogP contribution in [0.25, 0.3) is 0 Å². The van der Waals surface area contributed by atoms with Gasteiger partial charge < -0.3 is 10.2 Å². The molecule has 1 aliphatic rings. The molecule has 5 heteroatoms. The Morgan fingerprint density at radius 3 is 2.74 bits per heavy atom. The molecule has 2 N–H and O–H groups in total. The van der Waals surface area contributed by atoms with Crippen LogP contribution >= 0.6 is 7.37 Å². The molecular weight excluding hydrogens is 259 g/mol. The highest BCUT2D eigenvalue weighted by atomic mass is 31.2. The van der Waals surface area contributed by atoms with Crippen LogP contribution in [0.15, 0.2) is 42.5 Å². The lowest BCUT2D eigenvalue weighted by atomic mass is 10.1. The molecule has 2 aromatic rings. The fourth-order valence-corrected chi connectivity index (χ4v) is 3.63. The molecule has 0 saturated carbocycles. The lowest BCUT2D eigenvalue weighted by Gasteiger charge is -2.18. The van der Waals surface area contributed by atoms with Crippen LogP contribution in [0.5, 0.6) is 0 Å². The number of benzene rings is 1. The number of fused-ring (bicyclic) bond motifs is 1. The second-order valence-corrected chi connectivity index (χ2v) is 6.74. The molecule has 1 atom stereocenters. The van der Waals surface area contributed by atoms with Gasteiger partial charge in [0.05, 0.1) is 0 Å². The van der Waals surface area contributed by atoms with E-state index in [1.807, 2.05) is 12.1 Å². The zero-order valence-electron chi connectivity index (χ0n) is 10.4. The van der Waals surface area contributed by atoms with Gasteiger partial charge in [-0.25, -0.2) is 4.98 Å². The summed E-state index contributed by atoms with van der Waals surface area (Å²) in [6, 6.07) is 12.3. The summed E-state index contributed by atoms with van der Waals surface area (Å²) in [7, 11) is -3.58. The van der Waals surface area contributed by atoms with Crippen molar-refractivity contribution in [1.29, 1.82) is 0 Å². The Hall–Kier alpha value is -1.48. The maximum atomic E-state index is 12.6. The molecule has 2 heterocycles. The summed E-state index contributed by atoms with van der Waals surface area (Å²) in [6.45, 7) is 1.65. The third-order valence-corrected chi connectivity index (χ3v) is 5.19. The van der Waals surface area contributed by atoms with Crippen LogP contribution in [-0.2, 0) is 17.5 Å². The Bertz CT molecular complexity index is 643. The van der Waals surface area contributed by atoms with Gasteiger partial charge in [0.1, 0.15) is 5.44 Å². The molecule has 98 valence electrons. The second-order valence-electron chi connectivity index (χ2n) is 4.61. The highest BCUT2D eigenvalue weighted by Crippen LogP contribution is 2.37. The molecule has 1 unspecified atom stereocenters. The first-order valence-corrected chi connectivity index (χ1v) is 7.92. The van der Waals surface area contributed by atoms with Crippen molar-refractivity contribution in [1.82, 2.24) is 10.3 Å². The summed E-state index contributed by atoms with van der Waals surface area (Å²) in [4.78, 5) is 14.7. The highest BCUT2D eigenvalue weighted by Gasteiger charge is 2.26. The molecule has 0 amide bonds. The van der Waals surface area contributed by atoms with Gasteiger partial charge in [-0.1, -0.05) is 24.3 Å². The summed E-state index contributed by atoms with van der Waals surface area (Å²) in [5, 5.41) is 3.69. The fraction of sp³-hybridized carbons (Fsp3) is 0.214. The van der Waals surface area contributed by atoms with Crippen LogP contribution in [-0.4, -0.2) is 16.4 Å². The maximum Gasteiger partial charge on any atom is 0.276 e. The van der Waals surface area contributed by atoms with Gasteiger partial charge in [0.15, 0.2) is 0 Å². The monoisotopic (exact) mass is 274 g/mol. The average molecular weight is 274 g/mol. The van der Waals surface area contributed by atoms with Gasteiger partial charge in [-0.05, 0) is 23.8 Å². The fourth-order valence-electron chi connectivity index (χ4n) is 2.26. The maximum absolute atomic E-state index is 12.6. The van der Waals surface area contributed by atoms with Crippen LogP contribution < -0.4 is 16.1 Å². The molecule has 0 bridgehead atoms. The molecule has 19 heavy (non-hydrogen) atoms. The van der Waals surface area contributed by atoms with Crippen LogP contribution in [0.1, 0.15) is 11.3 Å². The van der Waals surface area contributed by atoms with Crippen molar-refractivity contribution in [2.24, 2.45) is 0 Å². The lowest BCUT2D eigenvalue weighted by Crippen LogP contribution is -2.28. The van der Waals surface area contributed by atoms with Crippen LogP contribution in [0.2, 0.25) is 0 Å². The standard InChI is InChI=1S/C14H15N2O2P/c17-19(18,12-4-2-1-3-5-12)14-7-6-11-10-15-9-8-13(11)16-14/h1-7,15H,8-10H2,(H,17,18). The van der Waals surface area contributed by atoms with Crippen LogP contribution in [0.4, 0.5) is 0 Å². The topological polar surface area (TPSA) is 62.2 Å². The smallest absolute Gasteiger partial charge is 0.276 e. The Morgan fingerprint density at radius 2 is 1.95 bits per heavy atom. The molecule has 0 fully saturated rings. The van der Waals surface area contributed by atoms with Gasteiger partial charge in [0.25, 0.3) is 7.37 Å². The largest absolute Gasteiger partial charge is 0.337 e. The molecule has 0 spiro atoms. The zero-order chi connectivity index (χ0) is 13.3. The van der Waals surface area contributed by atoms with E-state index in [9.17, 15) is 9.46 Å². The predicted octanol–water partition coefficient (Wildman–Crippen LogP) is 0.948. The number of hydrogen-bond donors (Lipinski definition) is 2. The molecule has 0 aliphatic carbocycles. The third kappa shape index (κ3) is 2.35. The van der Waals surface area contributed by atoms with Crippen molar-refractivity contribution in [2.75, 3.05) is 6.54 Å². The van der Waals surface area contributed by atoms with Crippen molar-refractivity contribution in [3.05, 3.63) is 53.7 Å². The van der Waals surface area contributed by atoms with Gasteiger partial charge in [-0.2, -0.15) is 0 Å². The van der Waals surface area contributed by atoms with Crippen molar-refractivity contribution >= 4 is 18.1 Å². The summed E-state index contributed by atoms with van der Waals surface area (Å²) < 4.78 is 12.6. The van der Waals surface area contributed by atoms with E-state index in [2.05, 4.69) is 10.3 Å². The number of pyridine rings is 1. The second kappa shape index (κ2) is 4.89. The van der Waals surface area contributed by atoms with E-state index in [0.29, 0.717) is 5.30 Å². The molecule has 1 aromatic carbocycles. The number of nitrogens with one attached hydrogen (secondary N) is 1. The van der Waals surface area contributed by atoms with E-state index in [1.54, 1.807) is 30.3 Å². The van der Waals surface area contributed by atoms with Gasteiger partial charge in [-0.15, -0.1) is 0 Å². The molecule has 0 radical (unpaired) electrons. The molecule has 1 aliphatic heterocycles. The predicted molar refractivity (Wildman–Crippen MR) is 75.2 cm³/mol. The number of hydrogen-bond acceptors (Lipinski definition) is 3. The molecule has 0 saturated heterocycles. The zero-order valence-corrected chi connectivity index (χ0v) is 11.3. The molecular formula is C14H15N2O2P. The lowest BCUT2D eigenvalue weighted by molar-refractivity contribution is 0.499. The van der Waals surface area contributed by atoms with Crippen LogP contribution in [0.3, 0.4) is 0 Å². The Kier molecular flexibility index (Phi) is 3.23. The number of nitrogens with zero attached hydrogens (tertiary/aromatic N) is 1. The van der Waals surface area contributed by atoms with Crippen molar-refractivity contribution in [2.45, 2.75) is 13.0 Å². The molecule has 1 aromatic heterocycles. The van der Waals surface area contributed by atoms with Gasteiger partial charge in [0.2, 0.25) is 0 Å². The van der Waals surface area contributed by atoms with Gasteiger partial charge in [0, 0.05) is 30.5 Å². The first kappa shape index (κ1) is 12.5. The number of rotatable bonds is 2. The minimum atomic E-state index is -3.58. The SMILES string of the molecule is O=P(O)(c1ccccc1)c1ccc2c(n1)CCNC2. The Balaban J connectivity index is 2.04. The van der Waals surface area contributed by atoms with Crippen molar-refractivity contribution in [3.63, 3.8) is 0 Å². The van der Waals surface area contributed by atoms with E-state index in [-0.39, 0.29) is 5.44 Å². The van der Waals surface area contributed by atoms with Crippen molar-refractivity contribution in [3.8, 4) is 0 Å². The van der Waals surface area contributed by atoms with E-state index in [4.69, 9.17) is 0 Å². The minimum Gasteiger partial charge on any atom is -0.337 e. The number of aromatic nitrogens is 1. The summed E-state index contributed by atoms with van der Waals surface area (Å²) >= 11 is 0. The van der Waals surface area contributed by atoms with E-state index >= 15 is 0 Å². The van der Waals surface area contributed by atoms with Gasteiger partial charge >= 0.3 is 0 Å². The first-order chi connectivity index (χ1) is 9.18. The van der Waals surface area contributed by atoms with E-state index in [0.717, 1.165) is 30.8 Å². The normalized spacial score (nSPS) is 17.5. The van der Waals surface area contributed by atoms with Gasteiger partial charge in [-0.3, -0.25) is 4.57 Å². The van der Waals surface area contributed by atoms with Crippen LogP contribution in [0, 0.1) is 0 Å². The average Bonchev–Trinajstić information content (AvgIpc) is 2.47. The van der Waals surface area contributed by atoms with Crippen molar-refractivity contribution < 1.29 is 9.46 Å².